The Labute approximate surface area is 185 Å². The molecule has 0 aliphatic carbocycles. The zero-order chi connectivity index (χ0) is 23.6. The highest BCUT2D eigenvalue weighted by atomic mass is 16.5. The molecule has 0 radical (unpaired) electrons. The number of amides is 2. The number of nitrogens with zero attached hydrogens (tertiary/aromatic N) is 2. The summed E-state index contributed by atoms with van der Waals surface area (Å²) in [4.78, 5) is 43.0. The van der Waals surface area contributed by atoms with Crippen LogP contribution < -0.4 is 4.74 Å². The maximum Gasteiger partial charge on any atom is 0.308 e. The molecule has 1 saturated heterocycles. The van der Waals surface area contributed by atoms with E-state index in [1.807, 2.05) is 65.8 Å². The van der Waals surface area contributed by atoms with Gasteiger partial charge in [0.2, 0.25) is 11.8 Å². The first kappa shape index (κ1) is 24.7. The molecule has 1 aromatic carbocycles. The Kier molecular flexibility index (Phi) is 7.40. The van der Waals surface area contributed by atoms with Crippen molar-refractivity contribution in [3.05, 3.63) is 29.8 Å². The van der Waals surface area contributed by atoms with E-state index in [0.717, 1.165) is 11.3 Å². The molecule has 7 nitrogen and oxygen atoms in total. The number of hydrogen-bond donors (Lipinski definition) is 0. The predicted molar refractivity (Wildman–Crippen MR) is 118 cm³/mol. The van der Waals surface area contributed by atoms with Crippen LogP contribution >= 0.6 is 0 Å². The van der Waals surface area contributed by atoms with Gasteiger partial charge in [0.1, 0.15) is 17.8 Å². The molecule has 1 fully saturated rings. The maximum atomic E-state index is 13.8. The van der Waals surface area contributed by atoms with Crippen molar-refractivity contribution in [1.82, 2.24) is 9.80 Å². The molecule has 2 amide bonds. The van der Waals surface area contributed by atoms with Crippen LogP contribution in [0.3, 0.4) is 0 Å². The second-order valence-corrected chi connectivity index (χ2v) is 9.99. The van der Waals surface area contributed by atoms with Gasteiger partial charge < -0.3 is 19.3 Å². The first-order valence-corrected chi connectivity index (χ1v) is 10.7. The van der Waals surface area contributed by atoms with Gasteiger partial charge in [-0.25, -0.2) is 0 Å². The second-order valence-electron chi connectivity index (χ2n) is 9.99. The van der Waals surface area contributed by atoms with Gasteiger partial charge >= 0.3 is 5.97 Å². The van der Waals surface area contributed by atoms with Gasteiger partial charge in [0.25, 0.3) is 0 Å². The van der Waals surface area contributed by atoms with Crippen LogP contribution in [0, 0.1) is 5.41 Å². The quantitative estimate of drug-likeness (QED) is 0.644. The Morgan fingerprint density at radius 2 is 1.58 bits per heavy atom. The third-order valence-corrected chi connectivity index (χ3v) is 5.38. The first-order chi connectivity index (χ1) is 14.3. The van der Waals surface area contributed by atoms with Crippen molar-refractivity contribution >= 4 is 17.8 Å². The summed E-state index contributed by atoms with van der Waals surface area (Å²) in [6.45, 7) is 13.7. The molecule has 1 aliphatic rings. The Morgan fingerprint density at radius 1 is 1.00 bits per heavy atom. The van der Waals surface area contributed by atoms with Crippen LogP contribution in [0.4, 0.5) is 0 Å². The molecule has 0 unspecified atom stereocenters. The number of hydrogen-bond acceptors (Lipinski definition) is 5. The van der Waals surface area contributed by atoms with Gasteiger partial charge in [-0.3, -0.25) is 14.4 Å². The molecular weight excluding hydrogens is 396 g/mol. The highest BCUT2D eigenvalue weighted by molar-refractivity contribution is 5.99. The summed E-state index contributed by atoms with van der Waals surface area (Å²) < 4.78 is 10.3. The van der Waals surface area contributed by atoms with Crippen molar-refractivity contribution in [1.29, 1.82) is 0 Å². The van der Waals surface area contributed by atoms with E-state index in [-0.39, 0.29) is 31.4 Å². The van der Waals surface area contributed by atoms with Crippen molar-refractivity contribution < 1.29 is 23.9 Å². The van der Waals surface area contributed by atoms with Crippen LogP contribution in [0.1, 0.15) is 60.5 Å². The van der Waals surface area contributed by atoms with Gasteiger partial charge in [0.05, 0.1) is 20.1 Å². The lowest BCUT2D eigenvalue weighted by molar-refractivity contribution is -0.176. The van der Waals surface area contributed by atoms with Gasteiger partial charge in [-0.1, -0.05) is 32.9 Å². The summed E-state index contributed by atoms with van der Waals surface area (Å²) in [5.41, 5.74) is -0.229. The number of rotatable bonds is 6. The number of carbonyl (C=O) groups is 3. The average molecular weight is 433 g/mol. The summed E-state index contributed by atoms with van der Waals surface area (Å²) in [5, 5.41) is 0. The fourth-order valence-electron chi connectivity index (χ4n) is 4.14. The standard InChI is InChI=1S/C24H36N2O5/c1-9-31-19(27)14-18-21(28)25(15-16-10-12-17(30-8)13-11-16)20(23(2,3)4)22(29)26(18)24(5,6)7/h10-13,18,20H,9,14-15H2,1-8H3/t18-,20-/m1/s1. The van der Waals surface area contributed by atoms with E-state index in [4.69, 9.17) is 9.47 Å². The molecule has 0 bridgehead atoms. The Balaban J connectivity index is 2.50. The zero-order valence-corrected chi connectivity index (χ0v) is 20.0. The molecule has 1 aliphatic heterocycles. The van der Waals surface area contributed by atoms with Crippen molar-refractivity contribution in [2.75, 3.05) is 13.7 Å². The molecule has 0 saturated carbocycles. The Hall–Kier alpha value is -2.57. The van der Waals surface area contributed by atoms with Gasteiger partial charge in [-0.15, -0.1) is 0 Å². The molecule has 1 aromatic rings. The molecule has 172 valence electrons. The molecular formula is C24H36N2O5. The lowest BCUT2D eigenvalue weighted by Crippen LogP contribution is -2.71. The minimum atomic E-state index is -0.900. The topological polar surface area (TPSA) is 76.1 Å². The van der Waals surface area contributed by atoms with E-state index in [0.29, 0.717) is 0 Å². The zero-order valence-electron chi connectivity index (χ0n) is 20.0. The van der Waals surface area contributed by atoms with Crippen molar-refractivity contribution in [2.24, 2.45) is 5.41 Å². The Morgan fingerprint density at radius 3 is 2.03 bits per heavy atom. The highest BCUT2D eigenvalue weighted by Crippen LogP contribution is 2.36. The van der Waals surface area contributed by atoms with Gasteiger partial charge in [-0.2, -0.15) is 0 Å². The molecule has 0 aromatic heterocycles. The monoisotopic (exact) mass is 432 g/mol. The van der Waals surface area contributed by atoms with Gasteiger partial charge in [0.15, 0.2) is 0 Å². The minimum Gasteiger partial charge on any atom is -0.497 e. The summed E-state index contributed by atoms with van der Waals surface area (Å²) in [6.07, 6.45) is -0.161. The van der Waals surface area contributed by atoms with E-state index < -0.39 is 29.0 Å². The molecule has 0 N–H and O–H groups in total. The summed E-state index contributed by atoms with van der Waals surface area (Å²) in [5.74, 6) is -0.154. The van der Waals surface area contributed by atoms with Gasteiger partial charge in [-0.05, 0) is 50.8 Å². The normalized spacial score (nSPS) is 20.1. The van der Waals surface area contributed by atoms with Gasteiger partial charge in [0, 0.05) is 12.1 Å². The van der Waals surface area contributed by atoms with Crippen LogP contribution in [0.5, 0.6) is 5.75 Å². The number of carbonyl (C=O) groups excluding carboxylic acids is 3. The average Bonchev–Trinajstić information content (AvgIpc) is 2.64. The molecule has 1 heterocycles. The minimum absolute atomic E-state index is 0.151. The molecule has 7 heteroatoms. The van der Waals surface area contributed by atoms with Crippen LogP contribution in [0.2, 0.25) is 0 Å². The number of piperazine rings is 1. The van der Waals surface area contributed by atoms with E-state index in [9.17, 15) is 14.4 Å². The van der Waals surface area contributed by atoms with E-state index in [2.05, 4.69) is 0 Å². The van der Waals surface area contributed by atoms with Crippen LogP contribution in [0.25, 0.3) is 0 Å². The predicted octanol–water partition coefficient (Wildman–Crippen LogP) is 3.40. The van der Waals surface area contributed by atoms with Crippen LogP contribution in [-0.2, 0) is 25.7 Å². The molecule has 31 heavy (non-hydrogen) atoms. The van der Waals surface area contributed by atoms with E-state index in [1.54, 1.807) is 23.8 Å². The number of ether oxygens (including phenoxy) is 2. The number of benzene rings is 1. The van der Waals surface area contributed by atoms with Crippen LogP contribution in [-0.4, -0.2) is 58.9 Å². The van der Waals surface area contributed by atoms with E-state index in [1.165, 1.54) is 0 Å². The fraction of sp³-hybridized carbons (Fsp3) is 0.625. The SMILES string of the molecule is CCOC(=O)C[C@@H]1C(=O)N(Cc2ccc(OC)cc2)[C@@H](C(C)(C)C)C(=O)N1C(C)(C)C. The van der Waals surface area contributed by atoms with Crippen molar-refractivity contribution in [2.45, 2.75) is 79.1 Å². The molecule has 2 rings (SSSR count). The Bertz CT molecular complexity index is 805. The lowest BCUT2D eigenvalue weighted by atomic mass is 9.80. The second kappa shape index (κ2) is 9.28. The summed E-state index contributed by atoms with van der Waals surface area (Å²) in [6, 6.07) is 5.87. The number of methoxy groups -OCH3 is 1. The lowest BCUT2D eigenvalue weighted by Gasteiger charge is -2.53. The van der Waals surface area contributed by atoms with Crippen molar-refractivity contribution in [3.63, 3.8) is 0 Å². The summed E-state index contributed by atoms with van der Waals surface area (Å²) in [7, 11) is 1.60. The highest BCUT2D eigenvalue weighted by Gasteiger charge is 2.53. The maximum absolute atomic E-state index is 13.8. The third kappa shape index (κ3) is 5.57. The first-order valence-electron chi connectivity index (χ1n) is 10.7. The third-order valence-electron chi connectivity index (χ3n) is 5.38. The van der Waals surface area contributed by atoms with Crippen LogP contribution in [0.15, 0.2) is 24.3 Å². The number of esters is 1. The fourth-order valence-corrected chi connectivity index (χ4v) is 4.14. The largest absolute Gasteiger partial charge is 0.497 e. The summed E-state index contributed by atoms with van der Waals surface area (Å²) >= 11 is 0. The smallest absolute Gasteiger partial charge is 0.308 e. The van der Waals surface area contributed by atoms with Crippen molar-refractivity contribution in [3.8, 4) is 5.75 Å². The van der Waals surface area contributed by atoms with E-state index >= 15 is 0 Å². The molecule has 2 atom stereocenters. The molecule has 0 spiro atoms.